The van der Waals surface area contributed by atoms with Crippen molar-refractivity contribution in [1.29, 1.82) is 5.26 Å². The molecule has 1 fully saturated rings. The molecule has 0 spiro atoms. The standard InChI is InChI=1S/C20H23N3O3/c1-15-13-17(18(14-21)20(24)22-15)16-5-2-3-6-19(16)26-10-4-7-23-8-11-25-12-9-23/h2-3,5-6,13H,4,7-12H2,1H3,(H,22,24). The first-order chi connectivity index (χ1) is 12.7. The Hall–Kier alpha value is -2.62. The van der Waals surface area contributed by atoms with Crippen molar-refractivity contribution < 1.29 is 9.47 Å². The number of para-hydroxylation sites is 1. The van der Waals surface area contributed by atoms with Crippen molar-refractivity contribution >= 4 is 0 Å². The van der Waals surface area contributed by atoms with Gasteiger partial charge in [-0.15, -0.1) is 0 Å². The molecule has 2 heterocycles. The Morgan fingerprint density at radius 3 is 2.81 bits per heavy atom. The Morgan fingerprint density at radius 1 is 1.27 bits per heavy atom. The monoisotopic (exact) mass is 353 g/mol. The van der Waals surface area contributed by atoms with Crippen LogP contribution in [0.15, 0.2) is 35.1 Å². The lowest BCUT2D eigenvalue weighted by molar-refractivity contribution is 0.0358. The Morgan fingerprint density at radius 2 is 2.04 bits per heavy atom. The zero-order valence-electron chi connectivity index (χ0n) is 15.0. The summed E-state index contributed by atoms with van der Waals surface area (Å²) in [6, 6.07) is 11.4. The van der Waals surface area contributed by atoms with Gasteiger partial charge >= 0.3 is 0 Å². The summed E-state index contributed by atoms with van der Waals surface area (Å²) in [4.78, 5) is 17.1. The van der Waals surface area contributed by atoms with E-state index in [1.165, 1.54) is 0 Å². The second-order valence-electron chi connectivity index (χ2n) is 6.33. The van der Waals surface area contributed by atoms with E-state index < -0.39 is 0 Å². The number of ether oxygens (including phenoxy) is 2. The van der Waals surface area contributed by atoms with Crippen LogP contribution in [0.2, 0.25) is 0 Å². The fourth-order valence-corrected chi connectivity index (χ4v) is 3.12. The number of hydrogen-bond donors (Lipinski definition) is 1. The first-order valence-corrected chi connectivity index (χ1v) is 8.85. The zero-order valence-corrected chi connectivity index (χ0v) is 15.0. The Bertz CT molecular complexity index is 848. The van der Waals surface area contributed by atoms with Gasteiger partial charge in [0.1, 0.15) is 17.4 Å². The smallest absolute Gasteiger partial charge is 0.266 e. The van der Waals surface area contributed by atoms with Gasteiger partial charge in [-0.05, 0) is 25.5 Å². The highest BCUT2D eigenvalue weighted by Crippen LogP contribution is 2.31. The van der Waals surface area contributed by atoms with E-state index in [-0.39, 0.29) is 11.1 Å². The molecule has 0 unspecified atom stereocenters. The SMILES string of the molecule is Cc1cc(-c2ccccc2OCCCN2CCOCC2)c(C#N)c(=O)[nH]1. The number of H-pyrrole nitrogens is 1. The van der Waals surface area contributed by atoms with Gasteiger partial charge in [-0.1, -0.05) is 18.2 Å². The van der Waals surface area contributed by atoms with Crippen molar-refractivity contribution in [2.45, 2.75) is 13.3 Å². The van der Waals surface area contributed by atoms with Crippen LogP contribution < -0.4 is 10.3 Å². The Balaban J connectivity index is 1.73. The molecule has 1 aliphatic rings. The maximum atomic E-state index is 12.1. The molecule has 2 aromatic rings. The van der Waals surface area contributed by atoms with Gasteiger partial charge in [0.2, 0.25) is 0 Å². The molecule has 26 heavy (non-hydrogen) atoms. The minimum atomic E-state index is -0.371. The summed E-state index contributed by atoms with van der Waals surface area (Å²) in [5.74, 6) is 0.691. The van der Waals surface area contributed by atoms with Gasteiger partial charge < -0.3 is 14.5 Å². The molecule has 0 bridgehead atoms. The third-order valence-corrected chi connectivity index (χ3v) is 4.44. The fraction of sp³-hybridized carbons (Fsp3) is 0.400. The van der Waals surface area contributed by atoms with Crippen LogP contribution in [0.3, 0.4) is 0 Å². The van der Waals surface area contributed by atoms with E-state index in [2.05, 4.69) is 9.88 Å². The fourth-order valence-electron chi connectivity index (χ4n) is 3.12. The second-order valence-corrected chi connectivity index (χ2v) is 6.33. The lowest BCUT2D eigenvalue weighted by Gasteiger charge is -2.26. The van der Waals surface area contributed by atoms with E-state index in [9.17, 15) is 10.1 Å². The number of aromatic amines is 1. The first kappa shape index (κ1) is 18.2. The lowest BCUT2D eigenvalue weighted by atomic mass is 10.00. The highest BCUT2D eigenvalue weighted by atomic mass is 16.5. The maximum absolute atomic E-state index is 12.1. The highest BCUT2D eigenvalue weighted by molar-refractivity contribution is 5.75. The van der Waals surface area contributed by atoms with Crippen molar-refractivity contribution in [3.8, 4) is 22.9 Å². The number of benzene rings is 1. The van der Waals surface area contributed by atoms with Gasteiger partial charge in [0.25, 0.3) is 5.56 Å². The molecule has 1 N–H and O–H groups in total. The van der Waals surface area contributed by atoms with Crippen LogP contribution in [0.25, 0.3) is 11.1 Å². The number of aromatic nitrogens is 1. The molecule has 0 aliphatic carbocycles. The summed E-state index contributed by atoms with van der Waals surface area (Å²) in [5.41, 5.74) is 1.83. The number of morpholine rings is 1. The molecule has 0 saturated carbocycles. The van der Waals surface area contributed by atoms with Crippen molar-refractivity contribution in [3.63, 3.8) is 0 Å². The van der Waals surface area contributed by atoms with Gasteiger partial charge in [0.15, 0.2) is 0 Å². The lowest BCUT2D eigenvalue weighted by Crippen LogP contribution is -2.37. The Kier molecular flexibility index (Phi) is 6.05. The maximum Gasteiger partial charge on any atom is 0.266 e. The average molecular weight is 353 g/mol. The van der Waals surface area contributed by atoms with Crippen molar-refractivity contribution in [3.05, 3.63) is 51.9 Å². The Labute approximate surface area is 153 Å². The topological polar surface area (TPSA) is 78.3 Å². The number of nitrogens with one attached hydrogen (secondary N) is 1. The summed E-state index contributed by atoms with van der Waals surface area (Å²) in [6.45, 7) is 6.88. The first-order valence-electron chi connectivity index (χ1n) is 8.85. The van der Waals surface area contributed by atoms with Crippen molar-refractivity contribution in [2.24, 2.45) is 0 Å². The van der Waals surface area contributed by atoms with Gasteiger partial charge in [-0.2, -0.15) is 5.26 Å². The average Bonchev–Trinajstić information content (AvgIpc) is 2.66. The molecule has 0 radical (unpaired) electrons. The highest BCUT2D eigenvalue weighted by Gasteiger charge is 2.14. The van der Waals surface area contributed by atoms with Gasteiger partial charge in [0, 0.05) is 36.5 Å². The third-order valence-electron chi connectivity index (χ3n) is 4.44. The van der Waals surface area contributed by atoms with Crippen molar-refractivity contribution in [2.75, 3.05) is 39.5 Å². The molecule has 1 aliphatic heterocycles. The van der Waals surface area contributed by atoms with E-state index in [0.29, 0.717) is 23.6 Å². The third kappa shape index (κ3) is 4.31. The van der Waals surface area contributed by atoms with E-state index in [1.807, 2.05) is 36.4 Å². The zero-order chi connectivity index (χ0) is 18.4. The number of pyridine rings is 1. The quantitative estimate of drug-likeness (QED) is 0.807. The molecule has 0 atom stereocenters. The van der Waals surface area contributed by atoms with E-state index in [0.717, 1.165) is 44.8 Å². The molecular formula is C20H23N3O3. The summed E-state index contributed by atoms with van der Waals surface area (Å²) in [5, 5.41) is 9.37. The van der Waals surface area contributed by atoms with Crippen LogP contribution in [0.1, 0.15) is 17.7 Å². The van der Waals surface area contributed by atoms with Crippen molar-refractivity contribution in [1.82, 2.24) is 9.88 Å². The number of aryl methyl sites for hydroxylation is 1. The normalized spacial score (nSPS) is 14.8. The molecule has 1 aromatic heterocycles. The van der Waals surface area contributed by atoms with Crippen LogP contribution in [0.4, 0.5) is 0 Å². The van der Waals surface area contributed by atoms with Gasteiger partial charge in [0.05, 0.1) is 19.8 Å². The minimum absolute atomic E-state index is 0.111. The van der Waals surface area contributed by atoms with Crippen LogP contribution in [-0.2, 0) is 4.74 Å². The van der Waals surface area contributed by atoms with Gasteiger partial charge in [-0.3, -0.25) is 9.69 Å². The summed E-state index contributed by atoms with van der Waals surface area (Å²) < 4.78 is 11.3. The van der Waals surface area contributed by atoms with Gasteiger partial charge in [-0.25, -0.2) is 0 Å². The van der Waals surface area contributed by atoms with Crippen LogP contribution in [-0.4, -0.2) is 49.3 Å². The molecule has 1 aromatic carbocycles. The molecule has 3 rings (SSSR count). The molecule has 136 valence electrons. The molecule has 0 amide bonds. The van der Waals surface area contributed by atoms with Crippen LogP contribution in [0.5, 0.6) is 5.75 Å². The molecular weight excluding hydrogens is 330 g/mol. The largest absolute Gasteiger partial charge is 0.493 e. The van der Waals surface area contributed by atoms with E-state index in [1.54, 1.807) is 6.92 Å². The predicted octanol–water partition coefficient (Wildman–Crippen LogP) is 2.32. The van der Waals surface area contributed by atoms with E-state index >= 15 is 0 Å². The summed E-state index contributed by atoms with van der Waals surface area (Å²) in [7, 11) is 0. The van der Waals surface area contributed by atoms with E-state index in [4.69, 9.17) is 9.47 Å². The second kappa shape index (κ2) is 8.65. The molecule has 6 heteroatoms. The van der Waals surface area contributed by atoms with Crippen LogP contribution in [0, 0.1) is 18.3 Å². The molecule has 6 nitrogen and oxygen atoms in total. The summed E-state index contributed by atoms with van der Waals surface area (Å²) in [6.07, 6.45) is 0.911. The number of rotatable bonds is 6. The number of hydrogen-bond acceptors (Lipinski definition) is 5. The predicted molar refractivity (Wildman–Crippen MR) is 99.3 cm³/mol. The number of nitrogens with zero attached hydrogens (tertiary/aromatic N) is 2. The molecule has 1 saturated heterocycles. The minimum Gasteiger partial charge on any atom is -0.493 e. The van der Waals surface area contributed by atoms with Crippen LogP contribution >= 0.6 is 0 Å². The number of nitriles is 1. The summed E-state index contributed by atoms with van der Waals surface area (Å²) >= 11 is 0.